The third-order valence-electron chi connectivity index (χ3n) is 2.94. The Kier molecular flexibility index (Phi) is 14.6. The summed E-state index contributed by atoms with van der Waals surface area (Å²) in [5.41, 5.74) is 0. The van der Waals surface area contributed by atoms with Crippen LogP contribution in [0, 0.1) is 5.92 Å². The Balaban J connectivity index is 0. The highest BCUT2D eigenvalue weighted by Crippen LogP contribution is 2.13. The molecule has 0 aromatic carbocycles. The van der Waals surface area contributed by atoms with E-state index in [1.807, 2.05) is 0 Å². The summed E-state index contributed by atoms with van der Waals surface area (Å²) in [6.45, 7) is 2.18. The number of hydrogen-bond acceptors (Lipinski definition) is 2. The Morgan fingerprint density at radius 3 is 1.61 bits per heavy atom. The third-order valence-corrected chi connectivity index (χ3v) is 2.94. The average molecular weight is 271 g/mol. The van der Waals surface area contributed by atoms with Crippen molar-refractivity contribution in [1.82, 2.24) is 0 Å². The van der Waals surface area contributed by atoms with Crippen LogP contribution in [-0.4, -0.2) is 45.2 Å². The molecule has 5 heteroatoms. The van der Waals surface area contributed by atoms with Gasteiger partial charge < -0.3 is 10.2 Å². The van der Waals surface area contributed by atoms with Crippen molar-refractivity contribution in [3.63, 3.8) is 0 Å². The number of aliphatic carboxylic acids is 2. The van der Waals surface area contributed by atoms with Gasteiger partial charge in [-0.05, 0) is 6.42 Å². The maximum atomic E-state index is 10.6. The predicted molar refractivity (Wildman–Crippen MR) is 74.5 cm³/mol. The first-order valence-corrected chi connectivity index (χ1v) is 6.55. The maximum absolute atomic E-state index is 10.6. The Morgan fingerprint density at radius 2 is 1.22 bits per heavy atom. The number of carboxylic acids is 2. The van der Waals surface area contributed by atoms with E-state index >= 15 is 0 Å². The van der Waals surface area contributed by atoms with E-state index in [4.69, 9.17) is 10.2 Å². The van der Waals surface area contributed by atoms with Crippen molar-refractivity contribution in [3.8, 4) is 0 Å². The van der Waals surface area contributed by atoms with Gasteiger partial charge in [-0.3, -0.25) is 9.59 Å². The van der Waals surface area contributed by atoms with Gasteiger partial charge in [0.2, 0.25) is 0 Å². The molecule has 0 saturated heterocycles. The molecule has 0 saturated carbocycles. The maximum Gasteiger partial charge on any atom is 0.317 e. The zero-order valence-electron chi connectivity index (χ0n) is 10.7. The molecule has 0 aliphatic heterocycles. The summed E-state index contributed by atoms with van der Waals surface area (Å²) in [5.74, 6) is -3.67. The standard InChI is InChI=1S/C13H24O4.Mg.2H/c1-2-3-4-5-6-7-8-9-10-11(12(14)15)13(16)17;;;/h11H,2-10H2,1H3,(H,14,15)(H,16,17);;;. The molecule has 0 fully saturated rings. The molecule has 18 heavy (non-hydrogen) atoms. The zero-order chi connectivity index (χ0) is 13.1. The Labute approximate surface area is 125 Å². The summed E-state index contributed by atoms with van der Waals surface area (Å²) in [6, 6.07) is 0. The molecule has 0 heterocycles. The van der Waals surface area contributed by atoms with Crippen LogP contribution in [0.3, 0.4) is 0 Å². The number of unbranched alkanes of at least 4 members (excludes halogenated alkanes) is 7. The second kappa shape index (κ2) is 13.1. The number of hydrogen-bond donors (Lipinski definition) is 2. The lowest BCUT2D eigenvalue weighted by Crippen LogP contribution is -2.23. The topological polar surface area (TPSA) is 74.6 Å². The summed E-state index contributed by atoms with van der Waals surface area (Å²) in [5, 5.41) is 17.3. The van der Waals surface area contributed by atoms with Crippen molar-refractivity contribution in [2.75, 3.05) is 0 Å². The van der Waals surface area contributed by atoms with Crippen LogP contribution in [0.5, 0.6) is 0 Å². The smallest absolute Gasteiger partial charge is 0.317 e. The van der Waals surface area contributed by atoms with Gasteiger partial charge >= 0.3 is 35.0 Å². The number of carboxylic acid groups (broad SMARTS) is 2. The molecule has 0 bridgehead atoms. The van der Waals surface area contributed by atoms with Gasteiger partial charge in [0.15, 0.2) is 5.92 Å². The fourth-order valence-corrected chi connectivity index (χ4v) is 1.83. The predicted octanol–water partition coefficient (Wildman–Crippen LogP) is 2.39. The van der Waals surface area contributed by atoms with E-state index in [1.165, 1.54) is 32.1 Å². The fourth-order valence-electron chi connectivity index (χ4n) is 1.83. The molecule has 0 rings (SSSR count). The van der Waals surface area contributed by atoms with E-state index in [-0.39, 0.29) is 29.5 Å². The van der Waals surface area contributed by atoms with Gasteiger partial charge in [0.05, 0.1) is 0 Å². The minimum atomic E-state index is -1.23. The highest BCUT2D eigenvalue weighted by molar-refractivity contribution is 5.92. The first-order chi connectivity index (χ1) is 8.09. The average Bonchev–Trinajstić information content (AvgIpc) is 2.26. The molecular formula is C13H26MgO4. The second-order valence-electron chi connectivity index (χ2n) is 4.49. The van der Waals surface area contributed by atoms with Gasteiger partial charge in [-0.25, -0.2) is 0 Å². The van der Waals surface area contributed by atoms with Crippen LogP contribution in [0.25, 0.3) is 0 Å². The molecule has 0 atom stereocenters. The fraction of sp³-hybridized carbons (Fsp3) is 0.846. The highest BCUT2D eigenvalue weighted by Gasteiger charge is 2.24. The normalized spacial score (nSPS) is 10.1. The number of rotatable bonds is 11. The molecule has 0 unspecified atom stereocenters. The lowest BCUT2D eigenvalue weighted by molar-refractivity contribution is -0.154. The number of carbonyl (C=O) groups is 2. The Hall–Kier alpha value is -0.294. The van der Waals surface area contributed by atoms with Crippen molar-refractivity contribution in [2.24, 2.45) is 5.92 Å². The lowest BCUT2D eigenvalue weighted by Gasteiger charge is -2.06. The third kappa shape index (κ3) is 10.8. The van der Waals surface area contributed by atoms with Crippen LogP contribution in [0.1, 0.15) is 64.7 Å². The van der Waals surface area contributed by atoms with Crippen LogP contribution in [-0.2, 0) is 9.59 Å². The van der Waals surface area contributed by atoms with E-state index < -0.39 is 17.9 Å². The summed E-state index contributed by atoms with van der Waals surface area (Å²) >= 11 is 0. The van der Waals surface area contributed by atoms with E-state index in [0.29, 0.717) is 6.42 Å². The van der Waals surface area contributed by atoms with Gasteiger partial charge in [-0.1, -0.05) is 58.3 Å². The molecule has 0 radical (unpaired) electrons. The molecule has 0 spiro atoms. The first kappa shape index (κ1) is 20.0. The molecular weight excluding hydrogens is 244 g/mol. The summed E-state index contributed by atoms with van der Waals surface area (Å²) in [6.07, 6.45) is 9.14. The van der Waals surface area contributed by atoms with E-state index in [9.17, 15) is 9.59 Å². The molecule has 0 aliphatic rings. The molecule has 0 aromatic heterocycles. The van der Waals surface area contributed by atoms with Crippen molar-refractivity contribution >= 4 is 35.0 Å². The van der Waals surface area contributed by atoms with Crippen molar-refractivity contribution in [3.05, 3.63) is 0 Å². The molecule has 0 amide bonds. The Bertz CT molecular complexity index is 217. The monoisotopic (exact) mass is 270 g/mol. The Morgan fingerprint density at radius 1 is 0.833 bits per heavy atom. The van der Waals surface area contributed by atoms with Crippen LogP contribution in [0.4, 0.5) is 0 Å². The SMILES string of the molecule is CCCCCCCCCCC(C(=O)O)C(=O)O.[MgH2]. The largest absolute Gasteiger partial charge is 0.481 e. The second-order valence-corrected chi connectivity index (χ2v) is 4.49. The molecule has 2 N–H and O–H groups in total. The van der Waals surface area contributed by atoms with Gasteiger partial charge in [0, 0.05) is 0 Å². The van der Waals surface area contributed by atoms with Gasteiger partial charge in [0.1, 0.15) is 0 Å². The van der Waals surface area contributed by atoms with Gasteiger partial charge in [-0.15, -0.1) is 0 Å². The highest BCUT2D eigenvalue weighted by atomic mass is 24.3. The van der Waals surface area contributed by atoms with E-state index in [1.54, 1.807) is 0 Å². The van der Waals surface area contributed by atoms with Crippen molar-refractivity contribution < 1.29 is 19.8 Å². The molecule has 4 nitrogen and oxygen atoms in total. The minimum Gasteiger partial charge on any atom is -0.481 e. The minimum absolute atomic E-state index is 0. The van der Waals surface area contributed by atoms with Gasteiger partial charge in [-0.2, -0.15) is 0 Å². The lowest BCUT2D eigenvalue weighted by atomic mass is 10.0. The van der Waals surface area contributed by atoms with Crippen LogP contribution >= 0.6 is 0 Å². The molecule has 104 valence electrons. The zero-order valence-corrected chi connectivity index (χ0v) is 10.7. The van der Waals surface area contributed by atoms with Crippen LogP contribution in [0.2, 0.25) is 0 Å². The quantitative estimate of drug-likeness (QED) is 0.343. The van der Waals surface area contributed by atoms with E-state index in [0.717, 1.165) is 12.8 Å². The van der Waals surface area contributed by atoms with Crippen LogP contribution < -0.4 is 0 Å². The van der Waals surface area contributed by atoms with Crippen LogP contribution in [0.15, 0.2) is 0 Å². The van der Waals surface area contributed by atoms with Crippen molar-refractivity contribution in [2.45, 2.75) is 64.7 Å². The summed E-state index contributed by atoms with van der Waals surface area (Å²) in [4.78, 5) is 21.2. The van der Waals surface area contributed by atoms with E-state index in [2.05, 4.69) is 6.92 Å². The first-order valence-electron chi connectivity index (χ1n) is 6.55. The molecule has 0 aliphatic carbocycles. The molecule has 0 aromatic rings. The summed E-state index contributed by atoms with van der Waals surface area (Å²) < 4.78 is 0. The van der Waals surface area contributed by atoms with Crippen molar-refractivity contribution in [1.29, 1.82) is 0 Å². The van der Waals surface area contributed by atoms with Gasteiger partial charge in [0.25, 0.3) is 0 Å². The summed E-state index contributed by atoms with van der Waals surface area (Å²) in [7, 11) is 0.